The molecule has 0 spiro atoms. The van der Waals surface area contributed by atoms with E-state index in [0.29, 0.717) is 46.1 Å². The van der Waals surface area contributed by atoms with Crippen LogP contribution in [-0.4, -0.2) is 96.6 Å². The quantitative estimate of drug-likeness (QED) is 0.168. The minimum Gasteiger partial charge on any atom is -0.305 e. The number of nitrogens with zero attached hydrogens (tertiary/aromatic N) is 4. The Kier molecular flexibility index (Phi) is 5.71. The first-order valence-electron chi connectivity index (χ1n) is 14.3. The van der Waals surface area contributed by atoms with Crippen LogP contribution in [0.25, 0.3) is 43.1 Å². The molecule has 5 aromatic carbocycles. The Morgan fingerprint density at radius 1 is 0.476 bits per heavy atom. The maximum absolute atomic E-state index is 13.7. The van der Waals surface area contributed by atoms with Crippen LogP contribution in [0.5, 0.6) is 0 Å². The van der Waals surface area contributed by atoms with Gasteiger partial charge in [0.25, 0.3) is 23.6 Å². The summed E-state index contributed by atoms with van der Waals surface area (Å²) < 4.78 is 0. The van der Waals surface area contributed by atoms with Gasteiger partial charge in [-0.25, -0.2) is 0 Å². The molecule has 0 saturated carbocycles. The SMILES string of the molecule is CC(CN1C(=O)c2ccc3c4ccc5c6c(ccc(c7ccc(c2c37)C1=O)c64)C(=O)N(CC(C)N(C)C)C5=O)N(C)C. The van der Waals surface area contributed by atoms with Gasteiger partial charge in [-0.1, -0.05) is 24.3 Å². The molecule has 2 heterocycles. The zero-order valence-electron chi connectivity index (χ0n) is 24.6. The van der Waals surface area contributed by atoms with Gasteiger partial charge in [-0.05, 0) is 98.6 Å². The van der Waals surface area contributed by atoms with Gasteiger partial charge in [0.1, 0.15) is 0 Å². The lowest BCUT2D eigenvalue weighted by Gasteiger charge is -2.33. The van der Waals surface area contributed by atoms with E-state index in [1.54, 1.807) is 0 Å². The number of amides is 4. The highest BCUT2D eigenvalue weighted by Gasteiger charge is 2.37. The van der Waals surface area contributed by atoms with E-state index in [2.05, 4.69) is 0 Å². The summed E-state index contributed by atoms with van der Waals surface area (Å²) in [5.74, 6) is -1.15. The Bertz CT molecular complexity index is 1760. The fraction of sp³-hybridized carbons (Fsp3) is 0.294. The molecule has 0 fully saturated rings. The summed E-state index contributed by atoms with van der Waals surface area (Å²) in [7, 11) is 7.72. The molecule has 8 nitrogen and oxygen atoms in total. The highest BCUT2D eigenvalue weighted by atomic mass is 16.2. The van der Waals surface area contributed by atoms with E-state index in [1.165, 1.54) is 9.80 Å². The Labute approximate surface area is 243 Å². The number of hydrogen-bond acceptors (Lipinski definition) is 6. The van der Waals surface area contributed by atoms with E-state index in [0.717, 1.165) is 32.3 Å². The first-order chi connectivity index (χ1) is 20.0. The lowest BCUT2D eigenvalue weighted by molar-refractivity contribution is 0.0560. The molecule has 2 aliphatic rings. The number of fused-ring (bicyclic) bond motifs is 2. The molecule has 0 bridgehead atoms. The summed E-state index contributed by atoms with van der Waals surface area (Å²) in [4.78, 5) is 61.5. The standard InChI is InChI=1S/C34H32N4O4/c1-17(35(3)4)15-37-31(39)23-11-7-19-21-9-13-25-30-26(34(42)38(33(25)41)16-18(2)36(5)6)14-10-22(28(21)30)20-8-12-24(32(37)40)29(23)27(19)20/h7-14,17-18H,15-16H2,1-6H3. The fourth-order valence-corrected chi connectivity index (χ4v) is 6.55. The van der Waals surface area contributed by atoms with Crippen LogP contribution in [0.3, 0.4) is 0 Å². The third kappa shape index (κ3) is 3.42. The summed E-state index contributed by atoms with van der Waals surface area (Å²) in [6.45, 7) is 4.58. The van der Waals surface area contributed by atoms with Crippen LogP contribution in [0, 0.1) is 0 Å². The Morgan fingerprint density at radius 2 is 0.738 bits per heavy atom. The molecule has 0 aliphatic carbocycles. The normalized spacial score (nSPS) is 16.9. The number of imide groups is 2. The number of hydrogen-bond donors (Lipinski definition) is 0. The molecule has 5 aromatic rings. The van der Waals surface area contributed by atoms with Gasteiger partial charge in [0, 0.05) is 58.2 Å². The number of likely N-dealkylation sites (N-methyl/N-ethyl adjacent to an activating group) is 2. The molecule has 8 heteroatoms. The number of rotatable bonds is 6. The van der Waals surface area contributed by atoms with Crippen molar-refractivity contribution in [3.63, 3.8) is 0 Å². The van der Waals surface area contributed by atoms with Crippen molar-refractivity contribution in [2.75, 3.05) is 41.3 Å². The molecular weight excluding hydrogens is 528 g/mol. The van der Waals surface area contributed by atoms with Gasteiger partial charge in [-0.3, -0.25) is 29.0 Å². The predicted octanol–water partition coefficient (Wildman–Crippen LogP) is 4.83. The second-order valence-corrected chi connectivity index (χ2v) is 12.2. The first-order valence-corrected chi connectivity index (χ1v) is 14.3. The molecule has 7 rings (SSSR count). The molecule has 2 atom stereocenters. The van der Waals surface area contributed by atoms with Crippen molar-refractivity contribution >= 4 is 66.7 Å². The minimum absolute atomic E-state index is 0.00578. The van der Waals surface area contributed by atoms with Crippen LogP contribution in [0.2, 0.25) is 0 Å². The third-order valence-corrected chi connectivity index (χ3v) is 9.46. The molecule has 2 unspecified atom stereocenters. The highest BCUT2D eigenvalue weighted by Crippen LogP contribution is 2.46. The second-order valence-electron chi connectivity index (χ2n) is 12.2. The summed E-state index contributed by atoms with van der Waals surface area (Å²) >= 11 is 0. The van der Waals surface area contributed by atoms with E-state index in [4.69, 9.17) is 0 Å². The fourth-order valence-electron chi connectivity index (χ4n) is 6.55. The summed E-state index contributed by atoms with van der Waals surface area (Å²) in [5.41, 5.74) is 2.06. The molecule has 0 aromatic heterocycles. The van der Waals surface area contributed by atoms with Gasteiger partial charge in [0.05, 0.1) is 0 Å². The molecule has 212 valence electrons. The second kappa shape index (κ2) is 9.05. The van der Waals surface area contributed by atoms with Gasteiger partial charge >= 0.3 is 0 Å². The van der Waals surface area contributed by atoms with Crippen LogP contribution < -0.4 is 0 Å². The van der Waals surface area contributed by atoms with Crippen molar-refractivity contribution < 1.29 is 19.2 Å². The van der Waals surface area contributed by atoms with Gasteiger partial charge in [0.2, 0.25) is 0 Å². The van der Waals surface area contributed by atoms with Gasteiger partial charge < -0.3 is 9.80 Å². The largest absolute Gasteiger partial charge is 0.305 e. The van der Waals surface area contributed by atoms with Crippen LogP contribution in [-0.2, 0) is 0 Å². The molecular formula is C34H32N4O4. The third-order valence-electron chi connectivity index (χ3n) is 9.46. The van der Waals surface area contributed by atoms with Crippen molar-refractivity contribution in [1.29, 1.82) is 0 Å². The van der Waals surface area contributed by atoms with Crippen molar-refractivity contribution in [3.8, 4) is 0 Å². The van der Waals surface area contributed by atoms with Gasteiger partial charge in [-0.2, -0.15) is 0 Å². The van der Waals surface area contributed by atoms with Crippen molar-refractivity contribution in [2.45, 2.75) is 25.9 Å². The lowest BCUT2D eigenvalue weighted by Crippen LogP contribution is -2.47. The predicted molar refractivity (Wildman–Crippen MR) is 165 cm³/mol. The van der Waals surface area contributed by atoms with E-state index in [9.17, 15) is 19.2 Å². The van der Waals surface area contributed by atoms with E-state index < -0.39 is 0 Å². The Balaban J connectivity index is 1.47. The van der Waals surface area contributed by atoms with E-state index >= 15 is 0 Å². The molecule has 4 amide bonds. The van der Waals surface area contributed by atoms with Gasteiger partial charge in [0.15, 0.2) is 0 Å². The molecule has 0 N–H and O–H groups in total. The van der Waals surface area contributed by atoms with Crippen molar-refractivity contribution in [1.82, 2.24) is 19.6 Å². The molecule has 42 heavy (non-hydrogen) atoms. The van der Waals surface area contributed by atoms with Crippen molar-refractivity contribution in [2.24, 2.45) is 0 Å². The van der Waals surface area contributed by atoms with Crippen LogP contribution in [0.1, 0.15) is 55.3 Å². The molecule has 0 saturated heterocycles. The Hall–Kier alpha value is -4.40. The maximum Gasteiger partial charge on any atom is 0.261 e. The zero-order valence-corrected chi connectivity index (χ0v) is 24.6. The lowest BCUT2D eigenvalue weighted by atomic mass is 9.82. The van der Waals surface area contributed by atoms with Crippen LogP contribution in [0.4, 0.5) is 0 Å². The summed E-state index contributed by atoms with van der Waals surface area (Å²) in [6, 6.07) is 15.0. The van der Waals surface area contributed by atoms with Crippen molar-refractivity contribution in [3.05, 3.63) is 70.8 Å². The highest BCUT2D eigenvalue weighted by molar-refractivity contribution is 6.41. The average Bonchev–Trinajstić information content (AvgIpc) is 2.97. The minimum atomic E-state index is -0.288. The Morgan fingerprint density at radius 3 is 0.976 bits per heavy atom. The molecule has 2 aliphatic heterocycles. The monoisotopic (exact) mass is 560 g/mol. The number of carbonyl (C=O) groups is 4. The zero-order chi connectivity index (χ0) is 29.8. The van der Waals surface area contributed by atoms with E-state index in [1.807, 2.05) is 100 Å². The topological polar surface area (TPSA) is 81.2 Å². The maximum atomic E-state index is 13.7. The van der Waals surface area contributed by atoms with Crippen LogP contribution >= 0.6 is 0 Å². The smallest absolute Gasteiger partial charge is 0.261 e. The van der Waals surface area contributed by atoms with E-state index in [-0.39, 0.29) is 35.7 Å². The van der Waals surface area contributed by atoms with Gasteiger partial charge in [-0.15, -0.1) is 0 Å². The summed E-state index contributed by atoms with van der Waals surface area (Å²) in [6.07, 6.45) is 0. The number of benzene rings is 5. The number of carbonyl (C=O) groups excluding carboxylic acids is 4. The first kappa shape index (κ1) is 26.5. The summed E-state index contributed by atoms with van der Waals surface area (Å²) in [5, 5.41) is 6.62. The molecule has 0 radical (unpaired) electrons. The average molecular weight is 561 g/mol. The van der Waals surface area contributed by atoms with Crippen LogP contribution in [0.15, 0.2) is 48.5 Å².